The fraction of sp³-hybridized carbons (Fsp3) is 0.320. The number of nitrogens with zero attached hydrogens (tertiary/aromatic N) is 4. The molecule has 160 valence electrons. The van der Waals surface area contributed by atoms with Crippen LogP contribution in [0.15, 0.2) is 67.0 Å². The van der Waals surface area contributed by atoms with Crippen molar-refractivity contribution < 1.29 is 9.53 Å². The molecule has 0 saturated carbocycles. The Hall–Kier alpha value is -3.41. The van der Waals surface area contributed by atoms with Gasteiger partial charge in [0.1, 0.15) is 17.9 Å². The second-order valence-electron chi connectivity index (χ2n) is 7.95. The summed E-state index contributed by atoms with van der Waals surface area (Å²) < 4.78 is 5.96. The number of amides is 1. The highest BCUT2D eigenvalue weighted by Gasteiger charge is 2.28. The zero-order valence-corrected chi connectivity index (χ0v) is 18.1. The Morgan fingerprint density at radius 2 is 1.84 bits per heavy atom. The SMILES string of the molecule is Cc1ccccc1Oc1cc(N2CCN(C(=O)CCc3ccccc3)[C@H](C)C2)ncn1. The molecule has 0 aliphatic carbocycles. The highest BCUT2D eigenvalue weighted by Crippen LogP contribution is 2.26. The van der Waals surface area contributed by atoms with Gasteiger partial charge in [-0.3, -0.25) is 4.79 Å². The quantitative estimate of drug-likeness (QED) is 0.601. The third-order valence-electron chi connectivity index (χ3n) is 5.68. The van der Waals surface area contributed by atoms with Crippen LogP contribution in [0.4, 0.5) is 5.82 Å². The van der Waals surface area contributed by atoms with E-state index in [1.807, 2.05) is 60.4 Å². The van der Waals surface area contributed by atoms with Crippen molar-refractivity contribution in [2.75, 3.05) is 24.5 Å². The first-order chi connectivity index (χ1) is 15.1. The van der Waals surface area contributed by atoms with E-state index in [1.165, 1.54) is 11.9 Å². The summed E-state index contributed by atoms with van der Waals surface area (Å²) in [6.07, 6.45) is 2.85. The van der Waals surface area contributed by atoms with Crippen LogP contribution in [-0.4, -0.2) is 46.5 Å². The van der Waals surface area contributed by atoms with E-state index in [2.05, 4.69) is 33.9 Å². The summed E-state index contributed by atoms with van der Waals surface area (Å²) in [6.45, 7) is 6.26. The van der Waals surface area contributed by atoms with Gasteiger partial charge in [-0.2, -0.15) is 0 Å². The van der Waals surface area contributed by atoms with Gasteiger partial charge in [0.25, 0.3) is 0 Å². The van der Waals surface area contributed by atoms with Crippen LogP contribution in [0.1, 0.15) is 24.5 Å². The highest BCUT2D eigenvalue weighted by atomic mass is 16.5. The standard InChI is InChI=1S/C25H28N4O2/c1-19-8-6-7-11-22(19)31-24-16-23(26-18-27-24)28-14-15-29(20(2)17-28)25(30)13-12-21-9-4-3-5-10-21/h3-11,16,18,20H,12-15,17H2,1-2H3/t20-/m1/s1. The lowest BCUT2D eigenvalue weighted by Gasteiger charge is -2.40. The first kappa shape index (κ1) is 20.8. The fourth-order valence-corrected chi connectivity index (χ4v) is 3.92. The number of para-hydroxylation sites is 1. The van der Waals surface area contributed by atoms with E-state index < -0.39 is 0 Å². The van der Waals surface area contributed by atoms with Crippen molar-refractivity contribution >= 4 is 11.7 Å². The minimum atomic E-state index is 0.118. The number of carbonyl (C=O) groups excluding carboxylic acids is 1. The minimum Gasteiger partial charge on any atom is -0.439 e. The van der Waals surface area contributed by atoms with Crippen molar-refractivity contribution in [3.63, 3.8) is 0 Å². The van der Waals surface area contributed by atoms with E-state index in [1.54, 1.807) is 0 Å². The Morgan fingerprint density at radius 1 is 1.06 bits per heavy atom. The number of rotatable bonds is 6. The summed E-state index contributed by atoms with van der Waals surface area (Å²) in [5.41, 5.74) is 2.25. The van der Waals surface area contributed by atoms with Gasteiger partial charge in [-0.25, -0.2) is 9.97 Å². The van der Waals surface area contributed by atoms with E-state index in [9.17, 15) is 4.79 Å². The van der Waals surface area contributed by atoms with Gasteiger partial charge in [0.15, 0.2) is 0 Å². The van der Waals surface area contributed by atoms with Gasteiger partial charge < -0.3 is 14.5 Å². The van der Waals surface area contributed by atoms with Crippen LogP contribution < -0.4 is 9.64 Å². The van der Waals surface area contributed by atoms with E-state index in [-0.39, 0.29) is 11.9 Å². The zero-order chi connectivity index (χ0) is 21.6. The molecule has 0 radical (unpaired) electrons. The maximum absolute atomic E-state index is 12.8. The van der Waals surface area contributed by atoms with Gasteiger partial charge in [-0.05, 0) is 37.5 Å². The van der Waals surface area contributed by atoms with E-state index in [0.717, 1.165) is 36.6 Å². The lowest BCUT2D eigenvalue weighted by molar-refractivity contribution is -0.133. The van der Waals surface area contributed by atoms with Crippen molar-refractivity contribution in [3.8, 4) is 11.6 Å². The monoisotopic (exact) mass is 416 g/mol. The molecule has 0 unspecified atom stereocenters. The maximum atomic E-state index is 12.8. The van der Waals surface area contributed by atoms with Crippen molar-refractivity contribution in [2.45, 2.75) is 32.7 Å². The Bertz CT molecular complexity index is 1020. The molecule has 1 fully saturated rings. The van der Waals surface area contributed by atoms with E-state index >= 15 is 0 Å². The van der Waals surface area contributed by atoms with Crippen molar-refractivity contribution in [2.24, 2.45) is 0 Å². The molecule has 2 aromatic carbocycles. The smallest absolute Gasteiger partial charge is 0.224 e. The molecule has 3 aromatic rings. The summed E-state index contributed by atoms with van der Waals surface area (Å²) in [7, 11) is 0. The normalized spacial score (nSPS) is 16.3. The number of ether oxygens (including phenoxy) is 1. The Labute approximate surface area is 183 Å². The molecule has 1 aliphatic heterocycles. The summed E-state index contributed by atoms with van der Waals surface area (Å²) in [5.74, 6) is 2.34. The van der Waals surface area contributed by atoms with Gasteiger partial charge in [0.2, 0.25) is 11.8 Å². The Kier molecular flexibility index (Phi) is 6.46. The molecule has 6 nitrogen and oxygen atoms in total. The molecule has 31 heavy (non-hydrogen) atoms. The van der Waals surface area contributed by atoms with Crippen LogP contribution in [-0.2, 0) is 11.2 Å². The average Bonchev–Trinajstić information content (AvgIpc) is 2.80. The van der Waals surface area contributed by atoms with Gasteiger partial charge in [-0.1, -0.05) is 48.5 Å². The van der Waals surface area contributed by atoms with Gasteiger partial charge in [0.05, 0.1) is 0 Å². The van der Waals surface area contributed by atoms with Crippen molar-refractivity contribution in [1.29, 1.82) is 0 Å². The lowest BCUT2D eigenvalue weighted by Crippen LogP contribution is -2.54. The highest BCUT2D eigenvalue weighted by molar-refractivity contribution is 5.77. The van der Waals surface area contributed by atoms with Crippen LogP contribution in [0.5, 0.6) is 11.6 Å². The summed E-state index contributed by atoms with van der Waals surface area (Å²) in [4.78, 5) is 25.7. The molecule has 1 aromatic heterocycles. The van der Waals surface area contributed by atoms with Crippen molar-refractivity contribution in [3.05, 3.63) is 78.1 Å². The van der Waals surface area contributed by atoms with Crippen LogP contribution in [0, 0.1) is 6.92 Å². The Morgan fingerprint density at radius 3 is 2.61 bits per heavy atom. The van der Waals surface area contributed by atoms with Crippen LogP contribution in [0.2, 0.25) is 0 Å². The molecule has 0 bridgehead atoms. The molecule has 4 rings (SSSR count). The lowest BCUT2D eigenvalue weighted by atomic mass is 10.1. The van der Waals surface area contributed by atoms with Gasteiger partial charge in [-0.15, -0.1) is 0 Å². The molecule has 1 amide bonds. The minimum absolute atomic E-state index is 0.118. The van der Waals surface area contributed by atoms with Crippen LogP contribution in [0.3, 0.4) is 0 Å². The predicted octanol–water partition coefficient (Wildman–Crippen LogP) is 4.25. The number of benzene rings is 2. The van der Waals surface area contributed by atoms with E-state index in [4.69, 9.17) is 4.74 Å². The zero-order valence-electron chi connectivity index (χ0n) is 18.1. The largest absolute Gasteiger partial charge is 0.439 e. The second-order valence-corrected chi connectivity index (χ2v) is 7.95. The third kappa shape index (κ3) is 5.20. The van der Waals surface area contributed by atoms with Crippen molar-refractivity contribution in [1.82, 2.24) is 14.9 Å². The van der Waals surface area contributed by atoms with E-state index in [0.29, 0.717) is 18.8 Å². The molecular weight excluding hydrogens is 388 g/mol. The molecular formula is C25H28N4O2. The maximum Gasteiger partial charge on any atom is 0.224 e. The molecule has 2 heterocycles. The summed E-state index contributed by atoms with van der Waals surface area (Å²) >= 11 is 0. The van der Waals surface area contributed by atoms with Crippen LogP contribution in [0.25, 0.3) is 0 Å². The van der Waals surface area contributed by atoms with Gasteiger partial charge in [0, 0.05) is 38.2 Å². The number of aryl methyl sites for hydroxylation is 2. The number of piperazine rings is 1. The molecule has 0 spiro atoms. The number of hydrogen-bond acceptors (Lipinski definition) is 5. The average molecular weight is 417 g/mol. The topological polar surface area (TPSA) is 58.6 Å². The number of anilines is 1. The number of hydrogen-bond donors (Lipinski definition) is 0. The molecule has 1 atom stereocenters. The summed E-state index contributed by atoms with van der Waals surface area (Å²) in [5, 5.41) is 0. The Balaban J connectivity index is 1.36. The van der Waals surface area contributed by atoms with Gasteiger partial charge >= 0.3 is 0 Å². The van der Waals surface area contributed by atoms with Crippen LogP contribution >= 0.6 is 0 Å². The number of carbonyl (C=O) groups is 1. The fourth-order valence-electron chi connectivity index (χ4n) is 3.92. The second kappa shape index (κ2) is 9.60. The predicted molar refractivity (Wildman–Crippen MR) is 121 cm³/mol. The molecule has 0 N–H and O–H groups in total. The molecule has 1 aliphatic rings. The summed E-state index contributed by atoms with van der Waals surface area (Å²) in [6, 6.07) is 20.0. The number of aromatic nitrogens is 2. The first-order valence-electron chi connectivity index (χ1n) is 10.7. The third-order valence-corrected chi connectivity index (χ3v) is 5.68. The first-order valence-corrected chi connectivity index (χ1v) is 10.7. The molecule has 1 saturated heterocycles. The molecule has 6 heteroatoms.